The van der Waals surface area contributed by atoms with Gasteiger partial charge in [-0.2, -0.15) is 0 Å². The number of hydrogen-bond acceptors (Lipinski definition) is 3. The highest BCUT2D eigenvalue weighted by molar-refractivity contribution is 5.68. The fourth-order valence-electron chi connectivity index (χ4n) is 2.10. The van der Waals surface area contributed by atoms with Gasteiger partial charge in [-0.1, -0.05) is 12.1 Å². The number of halogens is 3. The molecule has 7 heteroatoms. The predicted molar refractivity (Wildman–Crippen MR) is 59.6 cm³/mol. The molecular weight excluding hydrogens is 263 g/mol. The van der Waals surface area contributed by atoms with Gasteiger partial charge in [-0.05, 0) is 30.0 Å². The number of phenolic OH excluding ortho intramolecular Hbond substituents is 1. The summed E-state index contributed by atoms with van der Waals surface area (Å²) in [7, 11) is 0. The molecule has 1 aromatic carbocycles. The van der Waals surface area contributed by atoms with Crippen molar-refractivity contribution >= 4 is 6.09 Å². The quantitative estimate of drug-likeness (QED) is 0.791. The van der Waals surface area contributed by atoms with Gasteiger partial charge in [0.1, 0.15) is 5.75 Å². The van der Waals surface area contributed by atoms with Crippen LogP contribution in [0.15, 0.2) is 18.2 Å². The molecule has 19 heavy (non-hydrogen) atoms. The number of amides is 1. The van der Waals surface area contributed by atoms with Gasteiger partial charge in [0.15, 0.2) is 0 Å². The molecular formula is C12H12F3NO3. The Morgan fingerprint density at radius 1 is 1.26 bits per heavy atom. The van der Waals surface area contributed by atoms with Crippen LogP contribution in [-0.4, -0.2) is 35.6 Å². The summed E-state index contributed by atoms with van der Waals surface area (Å²) < 4.78 is 39.3. The van der Waals surface area contributed by atoms with E-state index in [2.05, 4.69) is 4.74 Å². The molecule has 104 valence electrons. The van der Waals surface area contributed by atoms with E-state index in [-0.39, 0.29) is 18.8 Å². The predicted octanol–water partition coefficient (Wildman–Crippen LogP) is 2.45. The van der Waals surface area contributed by atoms with Crippen LogP contribution < -0.4 is 0 Å². The molecule has 0 atom stereocenters. The Labute approximate surface area is 107 Å². The molecule has 1 heterocycles. The SMILES string of the molecule is O=C(OC(F)(F)F)N1CCc2cccc(O)c2CC1. The highest BCUT2D eigenvalue weighted by Gasteiger charge is 2.36. The van der Waals surface area contributed by atoms with Gasteiger partial charge in [0.2, 0.25) is 0 Å². The number of aromatic hydroxyl groups is 1. The molecule has 0 spiro atoms. The second-order valence-electron chi connectivity index (χ2n) is 4.22. The summed E-state index contributed by atoms with van der Waals surface area (Å²) in [6.45, 7) is 0.213. The first-order valence-corrected chi connectivity index (χ1v) is 5.71. The molecule has 0 aromatic heterocycles. The molecule has 1 aromatic rings. The minimum atomic E-state index is -4.97. The van der Waals surface area contributed by atoms with E-state index in [1.165, 1.54) is 6.07 Å². The van der Waals surface area contributed by atoms with Crippen LogP contribution >= 0.6 is 0 Å². The summed E-state index contributed by atoms with van der Waals surface area (Å²) in [6.07, 6.45) is -5.69. The molecule has 1 N–H and O–H groups in total. The summed E-state index contributed by atoms with van der Waals surface area (Å²) in [5.74, 6) is 0.100. The van der Waals surface area contributed by atoms with Gasteiger partial charge < -0.3 is 14.7 Å². The van der Waals surface area contributed by atoms with Crippen LogP contribution in [0.4, 0.5) is 18.0 Å². The number of ether oxygens (including phenoxy) is 1. The summed E-state index contributed by atoms with van der Waals surface area (Å²) >= 11 is 0. The average Bonchev–Trinajstić information content (AvgIpc) is 2.50. The largest absolute Gasteiger partial charge is 0.576 e. The lowest BCUT2D eigenvalue weighted by atomic mass is 10.0. The minimum absolute atomic E-state index is 0.0828. The highest BCUT2D eigenvalue weighted by atomic mass is 19.4. The number of carbonyl (C=O) groups excluding carboxylic acids is 1. The summed E-state index contributed by atoms with van der Waals surface area (Å²) in [5.41, 5.74) is 1.51. The number of alkyl halides is 3. The molecule has 1 aliphatic rings. The van der Waals surface area contributed by atoms with Crippen LogP contribution in [0, 0.1) is 0 Å². The maximum Gasteiger partial charge on any atom is 0.576 e. The molecule has 0 fully saturated rings. The van der Waals surface area contributed by atoms with Crippen LogP contribution in [0.25, 0.3) is 0 Å². The average molecular weight is 275 g/mol. The number of nitrogens with zero attached hydrogens (tertiary/aromatic N) is 1. The fourth-order valence-corrected chi connectivity index (χ4v) is 2.10. The maximum absolute atomic E-state index is 12.0. The van der Waals surface area contributed by atoms with E-state index < -0.39 is 12.5 Å². The van der Waals surface area contributed by atoms with E-state index in [0.29, 0.717) is 18.4 Å². The van der Waals surface area contributed by atoms with Crippen molar-refractivity contribution in [3.63, 3.8) is 0 Å². The van der Waals surface area contributed by atoms with Crippen molar-refractivity contribution in [3.8, 4) is 5.75 Å². The van der Waals surface area contributed by atoms with E-state index in [9.17, 15) is 23.1 Å². The lowest BCUT2D eigenvalue weighted by molar-refractivity contribution is -0.294. The Hall–Kier alpha value is -1.92. The van der Waals surface area contributed by atoms with Crippen LogP contribution in [0.2, 0.25) is 0 Å². The lowest BCUT2D eigenvalue weighted by Gasteiger charge is -2.20. The number of phenols is 1. The Kier molecular flexibility index (Phi) is 3.55. The second-order valence-corrected chi connectivity index (χ2v) is 4.22. The van der Waals surface area contributed by atoms with Crippen LogP contribution in [0.5, 0.6) is 5.75 Å². The van der Waals surface area contributed by atoms with Gasteiger partial charge in [0.25, 0.3) is 0 Å². The highest BCUT2D eigenvalue weighted by Crippen LogP contribution is 2.26. The van der Waals surface area contributed by atoms with Crippen molar-refractivity contribution in [3.05, 3.63) is 29.3 Å². The van der Waals surface area contributed by atoms with Crippen molar-refractivity contribution in [2.45, 2.75) is 19.2 Å². The topological polar surface area (TPSA) is 49.8 Å². The smallest absolute Gasteiger partial charge is 0.508 e. The second kappa shape index (κ2) is 4.99. The van der Waals surface area contributed by atoms with Gasteiger partial charge >= 0.3 is 12.5 Å². The molecule has 0 saturated carbocycles. The third kappa shape index (κ3) is 3.30. The molecule has 4 nitrogen and oxygen atoms in total. The van der Waals surface area contributed by atoms with Crippen molar-refractivity contribution in [2.75, 3.05) is 13.1 Å². The molecule has 0 unspecified atom stereocenters. The molecule has 2 rings (SSSR count). The van der Waals surface area contributed by atoms with Gasteiger partial charge in [-0.15, -0.1) is 13.2 Å². The Morgan fingerprint density at radius 3 is 2.63 bits per heavy atom. The number of carbonyl (C=O) groups is 1. The Balaban J connectivity index is 2.08. The van der Waals surface area contributed by atoms with E-state index in [1.54, 1.807) is 12.1 Å². The molecule has 1 amide bonds. The lowest BCUT2D eigenvalue weighted by Crippen LogP contribution is -2.37. The van der Waals surface area contributed by atoms with Crippen molar-refractivity contribution in [2.24, 2.45) is 0 Å². The zero-order valence-electron chi connectivity index (χ0n) is 9.91. The number of hydrogen-bond donors (Lipinski definition) is 1. The number of fused-ring (bicyclic) bond motifs is 1. The fraction of sp³-hybridized carbons (Fsp3) is 0.417. The van der Waals surface area contributed by atoms with E-state index in [1.807, 2.05) is 0 Å². The van der Waals surface area contributed by atoms with Gasteiger partial charge in [-0.3, -0.25) is 0 Å². The van der Waals surface area contributed by atoms with Crippen molar-refractivity contribution in [1.82, 2.24) is 4.90 Å². The first kappa shape index (κ1) is 13.5. The van der Waals surface area contributed by atoms with Gasteiger partial charge in [0.05, 0.1) is 0 Å². The third-order valence-electron chi connectivity index (χ3n) is 2.99. The monoisotopic (exact) mass is 275 g/mol. The van der Waals surface area contributed by atoms with E-state index in [0.717, 1.165) is 10.5 Å². The van der Waals surface area contributed by atoms with Crippen molar-refractivity contribution in [1.29, 1.82) is 0 Å². The summed E-state index contributed by atoms with van der Waals surface area (Å²) in [6, 6.07) is 4.97. The maximum atomic E-state index is 12.0. The third-order valence-corrected chi connectivity index (χ3v) is 2.99. The van der Waals surface area contributed by atoms with Crippen LogP contribution in [0.3, 0.4) is 0 Å². The van der Waals surface area contributed by atoms with Crippen molar-refractivity contribution < 1.29 is 27.8 Å². The van der Waals surface area contributed by atoms with Crippen LogP contribution in [0.1, 0.15) is 11.1 Å². The first-order chi connectivity index (χ1) is 8.87. The normalized spacial score (nSPS) is 15.6. The van der Waals surface area contributed by atoms with E-state index >= 15 is 0 Å². The minimum Gasteiger partial charge on any atom is -0.508 e. The number of benzene rings is 1. The molecule has 0 saturated heterocycles. The van der Waals surface area contributed by atoms with Crippen LogP contribution in [-0.2, 0) is 17.6 Å². The summed E-state index contributed by atoms with van der Waals surface area (Å²) in [4.78, 5) is 12.3. The standard InChI is InChI=1S/C12H12F3NO3/c13-12(14,15)19-11(18)16-6-4-8-2-1-3-10(17)9(8)5-7-16/h1-3,17H,4-7H2. The molecule has 0 bridgehead atoms. The molecule has 0 aliphatic carbocycles. The van der Waals surface area contributed by atoms with E-state index in [4.69, 9.17) is 0 Å². The zero-order valence-corrected chi connectivity index (χ0v) is 9.91. The Bertz CT molecular complexity index is 488. The number of rotatable bonds is 0. The first-order valence-electron chi connectivity index (χ1n) is 5.71. The van der Waals surface area contributed by atoms with Gasteiger partial charge in [-0.25, -0.2) is 4.79 Å². The Morgan fingerprint density at radius 2 is 1.95 bits per heavy atom. The molecule has 0 radical (unpaired) electrons. The molecule has 1 aliphatic heterocycles. The zero-order chi connectivity index (χ0) is 14.0. The summed E-state index contributed by atoms with van der Waals surface area (Å²) in [5, 5.41) is 9.68. The van der Waals surface area contributed by atoms with Gasteiger partial charge in [0, 0.05) is 13.1 Å².